The van der Waals surface area contributed by atoms with Gasteiger partial charge in [-0.25, -0.2) is 0 Å². The largest absolute Gasteiger partial charge is 0.325 e. The van der Waals surface area contributed by atoms with Crippen molar-refractivity contribution in [2.45, 2.75) is 32.6 Å². The van der Waals surface area contributed by atoms with Gasteiger partial charge in [0.1, 0.15) is 17.5 Å². The Hall–Kier alpha value is -2.62. The second-order valence-corrected chi connectivity index (χ2v) is 5.57. The van der Waals surface area contributed by atoms with Gasteiger partial charge in [-0.3, -0.25) is 9.59 Å². The fraction of sp³-hybridized carbons (Fsp3) is 0.429. The molecular weight excluding hydrogens is 270 g/mol. The lowest BCUT2D eigenvalue weighted by Gasteiger charge is -2.13. The third-order valence-corrected chi connectivity index (χ3v) is 3.60. The molecule has 0 saturated heterocycles. The zero-order valence-corrected chi connectivity index (χ0v) is 11.8. The van der Waals surface area contributed by atoms with E-state index in [1.165, 1.54) is 10.7 Å². The Balaban J connectivity index is 2.19. The molecule has 7 nitrogen and oxygen atoms in total. The molecule has 0 bridgehead atoms. The lowest BCUT2D eigenvalue weighted by atomic mass is 10.1. The predicted octanol–water partition coefficient (Wildman–Crippen LogP) is 1.37. The third-order valence-electron chi connectivity index (χ3n) is 3.60. The topological polar surface area (TPSA) is 103 Å². The van der Waals surface area contributed by atoms with Crippen LogP contribution in [0.4, 0.5) is 5.82 Å². The highest BCUT2D eigenvalue weighted by atomic mass is 16.2. The maximum absolute atomic E-state index is 12.5. The van der Waals surface area contributed by atoms with Crippen molar-refractivity contribution in [3.63, 3.8) is 0 Å². The summed E-state index contributed by atoms with van der Waals surface area (Å²) >= 11 is 0. The molecule has 3 rings (SSSR count). The van der Waals surface area contributed by atoms with Crippen LogP contribution in [0.2, 0.25) is 0 Å². The molecule has 0 unspecified atom stereocenters. The Bertz CT molecular complexity index is 820. The van der Waals surface area contributed by atoms with Crippen LogP contribution in [-0.4, -0.2) is 20.5 Å². The minimum atomic E-state index is -0.314. The third kappa shape index (κ3) is 2.18. The summed E-state index contributed by atoms with van der Waals surface area (Å²) < 4.78 is 1.17. The second kappa shape index (κ2) is 4.74. The molecule has 0 aliphatic heterocycles. The van der Waals surface area contributed by atoms with Gasteiger partial charge in [0.2, 0.25) is 5.91 Å². The minimum Gasteiger partial charge on any atom is -0.325 e. The van der Waals surface area contributed by atoms with E-state index in [9.17, 15) is 9.59 Å². The Morgan fingerprint density at radius 3 is 2.86 bits per heavy atom. The molecule has 7 heteroatoms. The quantitative estimate of drug-likeness (QED) is 0.888. The molecule has 0 aromatic carbocycles. The van der Waals surface area contributed by atoms with Crippen molar-refractivity contribution in [1.82, 2.24) is 14.6 Å². The summed E-state index contributed by atoms with van der Waals surface area (Å²) in [5.74, 6) is 0.235. The first kappa shape index (κ1) is 13.4. The van der Waals surface area contributed by atoms with Crippen molar-refractivity contribution in [2.75, 3.05) is 5.32 Å². The highest BCUT2D eigenvalue weighted by molar-refractivity contribution is 5.94. The number of carbonyl (C=O) groups excluding carboxylic acids is 1. The van der Waals surface area contributed by atoms with E-state index in [1.54, 1.807) is 0 Å². The number of anilines is 1. The smallest absolute Gasteiger partial charge is 0.279 e. The van der Waals surface area contributed by atoms with Gasteiger partial charge in [-0.05, 0) is 18.8 Å². The summed E-state index contributed by atoms with van der Waals surface area (Å²) in [6, 6.07) is 1.98. The number of aromatic amines is 1. The molecule has 1 fully saturated rings. The van der Waals surface area contributed by atoms with Crippen LogP contribution in [0, 0.1) is 17.2 Å². The Kier molecular flexibility index (Phi) is 3.01. The number of hydrogen-bond donors (Lipinski definition) is 2. The van der Waals surface area contributed by atoms with Gasteiger partial charge >= 0.3 is 0 Å². The Labute approximate surface area is 120 Å². The molecule has 2 aromatic rings. The van der Waals surface area contributed by atoms with E-state index in [4.69, 9.17) is 5.26 Å². The van der Waals surface area contributed by atoms with E-state index >= 15 is 0 Å². The highest BCUT2D eigenvalue weighted by Crippen LogP contribution is 2.31. The van der Waals surface area contributed by atoms with Crippen molar-refractivity contribution in [3.05, 3.63) is 27.7 Å². The first-order chi connectivity index (χ1) is 10.0. The molecule has 2 N–H and O–H groups in total. The molecule has 1 aliphatic carbocycles. The lowest BCUT2D eigenvalue weighted by Crippen LogP contribution is -2.26. The summed E-state index contributed by atoms with van der Waals surface area (Å²) in [4.78, 5) is 27.5. The Morgan fingerprint density at radius 1 is 1.57 bits per heavy atom. The van der Waals surface area contributed by atoms with Crippen molar-refractivity contribution in [2.24, 2.45) is 5.92 Å². The number of hydrogen-bond acceptors (Lipinski definition) is 4. The number of carbonyl (C=O) groups is 1. The molecule has 108 valence electrons. The van der Waals surface area contributed by atoms with Gasteiger partial charge in [-0.1, -0.05) is 13.8 Å². The molecule has 1 amide bonds. The van der Waals surface area contributed by atoms with E-state index in [-0.39, 0.29) is 28.9 Å². The number of nitriles is 1. The van der Waals surface area contributed by atoms with Crippen molar-refractivity contribution in [3.8, 4) is 6.07 Å². The maximum atomic E-state index is 12.5. The first-order valence-electron chi connectivity index (χ1n) is 6.87. The first-order valence-corrected chi connectivity index (χ1v) is 6.87. The highest BCUT2D eigenvalue weighted by Gasteiger charge is 2.31. The van der Waals surface area contributed by atoms with Crippen LogP contribution >= 0.6 is 0 Å². The molecule has 21 heavy (non-hydrogen) atoms. The van der Waals surface area contributed by atoms with Crippen LogP contribution in [0.15, 0.2) is 11.0 Å². The van der Waals surface area contributed by atoms with Crippen molar-refractivity contribution in [1.29, 1.82) is 5.26 Å². The normalized spacial score (nSPS) is 14.4. The van der Waals surface area contributed by atoms with Crippen LogP contribution in [-0.2, 0) is 4.79 Å². The summed E-state index contributed by atoms with van der Waals surface area (Å²) in [6.07, 6.45) is 3.10. The fourth-order valence-electron chi connectivity index (χ4n) is 2.32. The van der Waals surface area contributed by atoms with E-state index in [0.717, 1.165) is 12.8 Å². The fourth-order valence-corrected chi connectivity index (χ4v) is 2.32. The van der Waals surface area contributed by atoms with E-state index in [1.807, 2.05) is 19.9 Å². The zero-order valence-electron chi connectivity index (χ0n) is 11.8. The molecule has 1 saturated carbocycles. The molecule has 1 aliphatic rings. The molecule has 0 atom stereocenters. The van der Waals surface area contributed by atoms with Crippen LogP contribution < -0.4 is 10.9 Å². The number of H-pyrrole nitrogens is 1. The van der Waals surface area contributed by atoms with Crippen LogP contribution in [0.3, 0.4) is 0 Å². The lowest BCUT2D eigenvalue weighted by molar-refractivity contribution is -0.117. The summed E-state index contributed by atoms with van der Waals surface area (Å²) in [5.41, 5.74) is 0.720. The van der Waals surface area contributed by atoms with Gasteiger partial charge in [-0.2, -0.15) is 14.9 Å². The van der Waals surface area contributed by atoms with Crippen LogP contribution in [0.5, 0.6) is 0 Å². The zero-order chi connectivity index (χ0) is 15.1. The standard InChI is InChI=1S/C14H15N5O2/c1-7(2)10-11(18-13(20)8-3-4-8)17-12-9(5-15)6-16-19(12)14(10)21/h6-8,17H,3-4H2,1-2H3,(H,18,20). The number of amides is 1. The van der Waals surface area contributed by atoms with Gasteiger partial charge in [0.25, 0.3) is 5.56 Å². The van der Waals surface area contributed by atoms with E-state index < -0.39 is 0 Å². The number of fused-ring (bicyclic) bond motifs is 1. The summed E-state index contributed by atoms with van der Waals surface area (Å²) in [7, 11) is 0. The Morgan fingerprint density at radius 2 is 2.29 bits per heavy atom. The van der Waals surface area contributed by atoms with Gasteiger partial charge in [-0.15, -0.1) is 0 Å². The average Bonchev–Trinajstić information content (AvgIpc) is 3.19. The number of aromatic nitrogens is 3. The van der Waals surface area contributed by atoms with Gasteiger partial charge < -0.3 is 10.3 Å². The minimum absolute atomic E-state index is 0.0325. The maximum Gasteiger partial charge on any atom is 0.279 e. The van der Waals surface area contributed by atoms with Crippen LogP contribution in [0.25, 0.3) is 5.65 Å². The van der Waals surface area contributed by atoms with E-state index in [2.05, 4.69) is 15.4 Å². The monoisotopic (exact) mass is 285 g/mol. The molecule has 0 spiro atoms. The average molecular weight is 285 g/mol. The summed E-state index contributed by atoms with van der Waals surface area (Å²) in [6.45, 7) is 3.75. The molecule has 2 aromatic heterocycles. The van der Waals surface area contributed by atoms with Crippen molar-refractivity contribution >= 4 is 17.4 Å². The van der Waals surface area contributed by atoms with E-state index in [0.29, 0.717) is 17.0 Å². The van der Waals surface area contributed by atoms with Crippen molar-refractivity contribution < 1.29 is 4.79 Å². The predicted molar refractivity (Wildman–Crippen MR) is 76.0 cm³/mol. The molecule has 2 heterocycles. The molecule has 0 radical (unpaired) electrons. The van der Waals surface area contributed by atoms with Crippen LogP contribution in [0.1, 0.15) is 43.7 Å². The summed E-state index contributed by atoms with van der Waals surface area (Å²) in [5, 5.41) is 15.8. The number of rotatable bonds is 3. The number of nitrogens with zero attached hydrogens (tertiary/aromatic N) is 3. The SMILES string of the molecule is CC(C)c1c(NC(=O)C2CC2)[nH]c2c(C#N)cnn2c1=O. The van der Waals surface area contributed by atoms with Gasteiger partial charge in [0.05, 0.1) is 11.8 Å². The number of nitrogens with one attached hydrogen (secondary N) is 2. The van der Waals surface area contributed by atoms with Gasteiger partial charge in [0.15, 0.2) is 5.65 Å². The van der Waals surface area contributed by atoms with Gasteiger partial charge in [0, 0.05) is 5.92 Å². The molecular formula is C14H15N5O2. The second-order valence-electron chi connectivity index (χ2n) is 5.57.